The van der Waals surface area contributed by atoms with Crippen molar-refractivity contribution in [3.8, 4) is 0 Å². The lowest BCUT2D eigenvalue weighted by atomic mass is 10.0. The zero-order valence-corrected chi connectivity index (χ0v) is 22.3. The number of carbonyl (C=O) groups excluding carboxylic acids is 2. The fraction of sp³-hybridized carbons (Fsp3) is 0.355. The van der Waals surface area contributed by atoms with E-state index in [4.69, 9.17) is 11.6 Å². The number of halogens is 1. The lowest BCUT2D eigenvalue weighted by molar-refractivity contribution is -0.141. The first-order chi connectivity index (χ1) is 17.4. The predicted octanol–water partition coefficient (Wildman–Crippen LogP) is 6.39. The molecule has 2 atom stereocenters. The summed E-state index contributed by atoms with van der Waals surface area (Å²) in [5.74, 6) is -0.160. The number of hydrogen-bond acceptors (Lipinski definition) is 2. The molecule has 0 spiro atoms. The lowest BCUT2D eigenvalue weighted by Crippen LogP contribution is -2.52. The molecule has 2 amide bonds. The molecule has 0 aliphatic carbocycles. The molecule has 0 aromatic heterocycles. The van der Waals surface area contributed by atoms with Crippen LogP contribution in [0.2, 0.25) is 5.02 Å². The van der Waals surface area contributed by atoms with Gasteiger partial charge < -0.3 is 10.2 Å². The van der Waals surface area contributed by atoms with Gasteiger partial charge in [-0.25, -0.2) is 0 Å². The minimum absolute atomic E-state index is 0.0281. The van der Waals surface area contributed by atoms with Crippen molar-refractivity contribution in [2.24, 2.45) is 0 Å². The highest BCUT2D eigenvalue weighted by molar-refractivity contribution is 6.30. The van der Waals surface area contributed by atoms with Crippen molar-refractivity contribution in [1.82, 2.24) is 10.2 Å². The number of hydrogen-bond donors (Lipinski definition) is 1. The Bertz CT molecular complexity index is 1100. The van der Waals surface area contributed by atoms with Gasteiger partial charge in [-0.1, -0.05) is 92.2 Å². The maximum absolute atomic E-state index is 13.7. The van der Waals surface area contributed by atoms with Crippen molar-refractivity contribution in [2.45, 2.75) is 71.5 Å². The highest BCUT2D eigenvalue weighted by Crippen LogP contribution is 2.19. The second kappa shape index (κ2) is 13.8. The Morgan fingerprint density at radius 1 is 0.833 bits per heavy atom. The van der Waals surface area contributed by atoms with Crippen molar-refractivity contribution >= 4 is 23.4 Å². The number of nitrogens with one attached hydrogen (secondary N) is 1. The van der Waals surface area contributed by atoms with E-state index >= 15 is 0 Å². The van der Waals surface area contributed by atoms with Crippen LogP contribution >= 0.6 is 11.6 Å². The molecule has 0 unspecified atom stereocenters. The van der Waals surface area contributed by atoms with Gasteiger partial charge in [0, 0.05) is 30.5 Å². The average molecular weight is 505 g/mol. The Kier molecular flexibility index (Phi) is 10.6. The van der Waals surface area contributed by atoms with Gasteiger partial charge in [0.05, 0.1) is 0 Å². The maximum Gasteiger partial charge on any atom is 0.243 e. The molecule has 4 nitrogen and oxygen atoms in total. The number of benzene rings is 3. The molecule has 0 saturated heterocycles. The molecule has 5 heteroatoms. The van der Waals surface area contributed by atoms with Crippen LogP contribution in [0.5, 0.6) is 0 Å². The molecule has 0 fully saturated rings. The Balaban J connectivity index is 1.88. The summed E-state index contributed by atoms with van der Waals surface area (Å²) >= 11 is 6.10. The summed E-state index contributed by atoms with van der Waals surface area (Å²) in [7, 11) is 0. The van der Waals surface area contributed by atoms with E-state index in [1.807, 2.05) is 68.4 Å². The monoisotopic (exact) mass is 504 g/mol. The van der Waals surface area contributed by atoms with Crippen LogP contribution in [0.25, 0.3) is 0 Å². The molecule has 36 heavy (non-hydrogen) atoms. The van der Waals surface area contributed by atoms with Crippen LogP contribution in [0.3, 0.4) is 0 Å². The van der Waals surface area contributed by atoms with Crippen LogP contribution in [0.4, 0.5) is 0 Å². The maximum atomic E-state index is 13.7. The van der Waals surface area contributed by atoms with Crippen molar-refractivity contribution < 1.29 is 9.59 Å². The highest BCUT2D eigenvalue weighted by atomic mass is 35.5. The topological polar surface area (TPSA) is 49.4 Å². The fourth-order valence-corrected chi connectivity index (χ4v) is 4.24. The van der Waals surface area contributed by atoms with E-state index in [0.29, 0.717) is 30.8 Å². The van der Waals surface area contributed by atoms with Crippen molar-refractivity contribution in [3.05, 3.63) is 106 Å². The van der Waals surface area contributed by atoms with Crippen molar-refractivity contribution in [1.29, 1.82) is 0 Å². The Morgan fingerprint density at radius 2 is 1.44 bits per heavy atom. The summed E-state index contributed by atoms with van der Waals surface area (Å²) in [6.45, 7) is 6.50. The molecule has 3 rings (SSSR count). The van der Waals surface area contributed by atoms with Crippen LogP contribution in [0.1, 0.15) is 55.9 Å². The molecule has 0 heterocycles. The average Bonchev–Trinajstić information content (AvgIpc) is 2.91. The molecular formula is C31H37ClN2O2. The van der Waals surface area contributed by atoms with Crippen LogP contribution in [0.15, 0.2) is 78.9 Å². The first-order valence-electron chi connectivity index (χ1n) is 12.9. The van der Waals surface area contributed by atoms with Gasteiger partial charge in [0.15, 0.2) is 0 Å². The van der Waals surface area contributed by atoms with Crippen LogP contribution < -0.4 is 5.32 Å². The quantitative estimate of drug-likeness (QED) is 0.310. The van der Waals surface area contributed by atoms with E-state index in [1.165, 1.54) is 5.56 Å². The summed E-state index contributed by atoms with van der Waals surface area (Å²) in [6.07, 6.45) is 3.23. The second-order valence-electron chi connectivity index (χ2n) is 9.34. The third-order valence-corrected chi connectivity index (χ3v) is 6.85. The molecule has 0 bridgehead atoms. The van der Waals surface area contributed by atoms with E-state index in [2.05, 4.69) is 36.5 Å². The summed E-state index contributed by atoms with van der Waals surface area (Å²) in [5.41, 5.74) is 4.36. The summed E-state index contributed by atoms with van der Waals surface area (Å²) in [4.78, 5) is 29.0. The van der Waals surface area contributed by atoms with E-state index in [9.17, 15) is 9.59 Å². The van der Waals surface area contributed by atoms with E-state index in [-0.39, 0.29) is 17.9 Å². The predicted molar refractivity (Wildman–Crippen MR) is 148 cm³/mol. The van der Waals surface area contributed by atoms with Gasteiger partial charge in [0.1, 0.15) is 6.04 Å². The van der Waals surface area contributed by atoms with Crippen molar-refractivity contribution in [3.63, 3.8) is 0 Å². The van der Waals surface area contributed by atoms with Gasteiger partial charge in [-0.05, 0) is 60.6 Å². The molecule has 3 aromatic carbocycles. The number of aryl methyl sites for hydroxylation is 2. The zero-order valence-electron chi connectivity index (χ0n) is 21.5. The van der Waals surface area contributed by atoms with Gasteiger partial charge in [-0.15, -0.1) is 0 Å². The van der Waals surface area contributed by atoms with Crippen LogP contribution in [-0.2, 0) is 35.4 Å². The molecule has 1 N–H and O–H groups in total. The standard InChI is InChI=1S/C31H37ClN2O2/c1-4-23(3)33-31(36)29(21-26-9-7-6-8-10-26)34(22-27-15-18-28(32)19-16-27)30(35)20-17-25-13-11-24(5-2)12-14-25/h6-16,18-19,23,29H,4-5,17,20-22H2,1-3H3,(H,33,36)/t23-,29-/m0/s1. The van der Waals surface area contributed by atoms with Gasteiger partial charge in [-0.2, -0.15) is 0 Å². The minimum atomic E-state index is -0.618. The molecule has 0 radical (unpaired) electrons. The van der Waals surface area contributed by atoms with Gasteiger partial charge in [-0.3, -0.25) is 9.59 Å². The third kappa shape index (κ3) is 8.23. The normalized spacial score (nSPS) is 12.6. The third-order valence-electron chi connectivity index (χ3n) is 6.60. The minimum Gasteiger partial charge on any atom is -0.352 e. The lowest BCUT2D eigenvalue weighted by Gasteiger charge is -2.32. The molecule has 3 aromatic rings. The van der Waals surface area contributed by atoms with Gasteiger partial charge in [0.2, 0.25) is 11.8 Å². The van der Waals surface area contributed by atoms with E-state index in [0.717, 1.165) is 29.5 Å². The Hall–Kier alpha value is -3.11. The van der Waals surface area contributed by atoms with Crippen LogP contribution in [-0.4, -0.2) is 28.8 Å². The smallest absolute Gasteiger partial charge is 0.243 e. The van der Waals surface area contributed by atoms with E-state index < -0.39 is 6.04 Å². The summed E-state index contributed by atoms with van der Waals surface area (Å²) in [6, 6.07) is 25.2. The summed E-state index contributed by atoms with van der Waals surface area (Å²) < 4.78 is 0. The zero-order chi connectivity index (χ0) is 25.9. The molecule has 0 aliphatic heterocycles. The molecular weight excluding hydrogens is 468 g/mol. The van der Waals surface area contributed by atoms with E-state index in [1.54, 1.807) is 4.90 Å². The highest BCUT2D eigenvalue weighted by Gasteiger charge is 2.30. The van der Waals surface area contributed by atoms with Crippen molar-refractivity contribution in [2.75, 3.05) is 0 Å². The molecule has 190 valence electrons. The second-order valence-corrected chi connectivity index (χ2v) is 9.78. The van der Waals surface area contributed by atoms with Crippen LogP contribution in [0, 0.1) is 0 Å². The Morgan fingerprint density at radius 3 is 2.06 bits per heavy atom. The SMILES string of the molecule is CCc1ccc(CCC(=O)N(Cc2ccc(Cl)cc2)[C@@H](Cc2ccccc2)C(=O)N[C@@H](C)CC)cc1. The first kappa shape index (κ1) is 27.5. The molecule has 0 aliphatic rings. The first-order valence-corrected chi connectivity index (χ1v) is 13.2. The Labute approximate surface area is 220 Å². The fourth-order valence-electron chi connectivity index (χ4n) is 4.12. The number of rotatable bonds is 12. The number of nitrogens with zero attached hydrogens (tertiary/aromatic N) is 1. The van der Waals surface area contributed by atoms with Gasteiger partial charge >= 0.3 is 0 Å². The number of carbonyl (C=O) groups is 2. The van der Waals surface area contributed by atoms with Gasteiger partial charge in [0.25, 0.3) is 0 Å². The molecule has 0 saturated carbocycles. The summed E-state index contributed by atoms with van der Waals surface area (Å²) in [5, 5.41) is 3.75. The number of amides is 2. The largest absolute Gasteiger partial charge is 0.352 e.